The maximum absolute atomic E-state index is 6.36. The lowest BCUT2D eigenvalue weighted by Crippen LogP contribution is -2.34. The molecule has 1 aliphatic carbocycles. The van der Waals surface area contributed by atoms with E-state index in [0.29, 0.717) is 11.7 Å². The van der Waals surface area contributed by atoms with E-state index >= 15 is 0 Å². The van der Waals surface area contributed by atoms with E-state index in [-0.39, 0.29) is 5.41 Å². The van der Waals surface area contributed by atoms with Gasteiger partial charge in [-0.05, 0) is 24.4 Å². The zero-order valence-corrected chi connectivity index (χ0v) is 12.8. The molecule has 1 saturated carbocycles. The maximum atomic E-state index is 6.36. The van der Waals surface area contributed by atoms with Crippen LogP contribution in [0.1, 0.15) is 58.0 Å². The Labute approximate surface area is 121 Å². The lowest BCUT2D eigenvalue weighted by atomic mass is 9.91. The molecule has 6 nitrogen and oxygen atoms in total. The van der Waals surface area contributed by atoms with Crippen molar-refractivity contribution < 1.29 is 4.52 Å². The number of hydrogen-bond acceptors (Lipinski definition) is 7. The Morgan fingerprint density at radius 1 is 1.25 bits per heavy atom. The molecule has 20 heavy (non-hydrogen) atoms. The molecule has 2 heterocycles. The number of hydrogen-bond donors (Lipinski definition) is 1. The maximum Gasteiger partial charge on any atom is 0.271 e. The number of nitrogens with two attached hydrogens (primary N) is 1. The van der Waals surface area contributed by atoms with Gasteiger partial charge in [0, 0.05) is 5.41 Å². The van der Waals surface area contributed by atoms with Crippen molar-refractivity contribution in [3.63, 3.8) is 0 Å². The van der Waals surface area contributed by atoms with Gasteiger partial charge in [0.15, 0.2) is 5.82 Å². The van der Waals surface area contributed by atoms with Gasteiger partial charge in [-0.3, -0.25) is 0 Å². The Bertz CT molecular complexity index is 606. The summed E-state index contributed by atoms with van der Waals surface area (Å²) in [5.74, 6) is 1.09. The molecule has 3 rings (SSSR count). The summed E-state index contributed by atoms with van der Waals surface area (Å²) in [6, 6.07) is 0. The van der Waals surface area contributed by atoms with Crippen LogP contribution in [-0.2, 0) is 11.0 Å². The van der Waals surface area contributed by atoms with Crippen molar-refractivity contribution in [1.82, 2.24) is 19.7 Å². The van der Waals surface area contributed by atoms with Gasteiger partial charge < -0.3 is 10.3 Å². The van der Waals surface area contributed by atoms with Crippen molar-refractivity contribution in [3.8, 4) is 10.8 Å². The molecule has 0 unspecified atom stereocenters. The van der Waals surface area contributed by atoms with Crippen LogP contribution in [0, 0.1) is 0 Å². The van der Waals surface area contributed by atoms with Gasteiger partial charge >= 0.3 is 0 Å². The molecule has 1 fully saturated rings. The minimum Gasteiger partial charge on any atom is -0.333 e. The highest BCUT2D eigenvalue weighted by Gasteiger charge is 2.37. The zero-order valence-electron chi connectivity index (χ0n) is 12.0. The summed E-state index contributed by atoms with van der Waals surface area (Å²) in [7, 11) is 0. The van der Waals surface area contributed by atoms with E-state index in [2.05, 4.69) is 40.5 Å². The Kier molecular flexibility index (Phi) is 3.13. The Hall–Kier alpha value is -1.34. The Morgan fingerprint density at radius 2 is 1.95 bits per heavy atom. The lowest BCUT2D eigenvalue weighted by molar-refractivity contribution is 0.372. The van der Waals surface area contributed by atoms with Crippen LogP contribution in [0.2, 0.25) is 0 Å². The summed E-state index contributed by atoms with van der Waals surface area (Å²) in [6.45, 7) is 6.27. The average Bonchev–Trinajstić information content (AvgIpc) is 3.07. The zero-order chi connectivity index (χ0) is 14.4. The topological polar surface area (TPSA) is 90.7 Å². The van der Waals surface area contributed by atoms with Crippen LogP contribution in [-0.4, -0.2) is 19.7 Å². The van der Waals surface area contributed by atoms with Crippen LogP contribution in [0.5, 0.6) is 0 Å². The molecule has 0 radical (unpaired) electrons. The molecule has 0 aliphatic heterocycles. The minimum atomic E-state index is -0.429. The highest BCUT2D eigenvalue weighted by Crippen LogP contribution is 2.37. The van der Waals surface area contributed by atoms with Crippen molar-refractivity contribution in [2.75, 3.05) is 0 Å². The molecular weight excluding hydrogens is 274 g/mol. The second-order valence-electron chi connectivity index (χ2n) is 6.49. The second-order valence-corrected chi connectivity index (χ2v) is 7.24. The van der Waals surface area contributed by atoms with E-state index in [1.54, 1.807) is 0 Å². The standard InChI is InChI=1S/C13H19N5OS/c1-12(2,3)9-8(20-18-16-9)10-15-11(17-19-10)13(14)6-4-5-7-13/h4-7,14H2,1-3H3. The van der Waals surface area contributed by atoms with Crippen LogP contribution in [0.25, 0.3) is 10.8 Å². The van der Waals surface area contributed by atoms with Gasteiger partial charge in [-0.25, -0.2) is 0 Å². The highest BCUT2D eigenvalue weighted by atomic mass is 32.1. The summed E-state index contributed by atoms with van der Waals surface area (Å²) in [6.07, 6.45) is 4.07. The molecular formula is C13H19N5OS. The van der Waals surface area contributed by atoms with Gasteiger partial charge in [-0.1, -0.05) is 43.3 Å². The minimum absolute atomic E-state index is 0.106. The number of aromatic nitrogens is 4. The fourth-order valence-electron chi connectivity index (χ4n) is 2.57. The molecule has 0 aromatic carbocycles. The lowest BCUT2D eigenvalue weighted by Gasteiger charge is -2.17. The highest BCUT2D eigenvalue weighted by molar-refractivity contribution is 7.09. The third-order valence-electron chi connectivity index (χ3n) is 3.76. The third-order valence-corrected chi connectivity index (χ3v) is 4.47. The molecule has 0 atom stereocenters. The summed E-state index contributed by atoms with van der Waals surface area (Å²) in [5, 5.41) is 8.29. The molecule has 2 aromatic heterocycles. The predicted molar refractivity (Wildman–Crippen MR) is 76.2 cm³/mol. The van der Waals surface area contributed by atoms with Gasteiger partial charge in [0.05, 0.1) is 11.2 Å². The van der Waals surface area contributed by atoms with Crippen molar-refractivity contribution in [2.45, 2.75) is 57.4 Å². The fraction of sp³-hybridized carbons (Fsp3) is 0.692. The summed E-state index contributed by atoms with van der Waals surface area (Å²) in [5.41, 5.74) is 6.71. The third kappa shape index (κ3) is 2.25. The van der Waals surface area contributed by atoms with Crippen LogP contribution >= 0.6 is 11.5 Å². The van der Waals surface area contributed by atoms with E-state index in [0.717, 1.165) is 36.3 Å². The smallest absolute Gasteiger partial charge is 0.271 e. The van der Waals surface area contributed by atoms with E-state index in [1.807, 2.05) is 0 Å². The van der Waals surface area contributed by atoms with Crippen LogP contribution in [0.15, 0.2) is 4.52 Å². The van der Waals surface area contributed by atoms with Gasteiger partial charge in [-0.2, -0.15) is 4.98 Å². The molecule has 7 heteroatoms. The summed E-state index contributed by atoms with van der Waals surface area (Å²) in [4.78, 5) is 5.35. The van der Waals surface area contributed by atoms with Crippen LogP contribution in [0.4, 0.5) is 0 Å². The van der Waals surface area contributed by atoms with E-state index in [9.17, 15) is 0 Å². The first-order chi connectivity index (χ1) is 9.40. The van der Waals surface area contributed by atoms with Crippen molar-refractivity contribution >= 4 is 11.5 Å². The predicted octanol–water partition coefficient (Wildman–Crippen LogP) is 2.61. The van der Waals surface area contributed by atoms with Crippen LogP contribution in [0.3, 0.4) is 0 Å². The number of rotatable bonds is 2. The summed E-state index contributed by atoms with van der Waals surface area (Å²) >= 11 is 1.29. The number of nitrogens with zero attached hydrogens (tertiary/aromatic N) is 4. The largest absolute Gasteiger partial charge is 0.333 e. The van der Waals surface area contributed by atoms with Crippen molar-refractivity contribution in [1.29, 1.82) is 0 Å². The second kappa shape index (κ2) is 4.60. The molecule has 0 spiro atoms. The average molecular weight is 293 g/mol. The molecule has 0 amide bonds. The van der Waals surface area contributed by atoms with Gasteiger partial charge in [0.2, 0.25) is 0 Å². The quantitative estimate of drug-likeness (QED) is 0.915. The molecule has 0 saturated heterocycles. The summed E-state index contributed by atoms with van der Waals surface area (Å²) < 4.78 is 9.43. The van der Waals surface area contributed by atoms with Gasteiger partial charge in [0.1, 0.15) is 4.88 Å². The first-order valence-electron chi connectivity index (χ1n) is 6.86. The van der Waals surface area contributed by atoms with E-state index in [4.69, 9.17) is 10.3 Å². The molecule has 2 aromatic rings. The molecule has 1 aliphatic rings. The van der Waals surface area contributed by atoms with Crippen LogP contribution < -0.4 is 5.73 Å². The monoisotopic (exact) mass is 293 g/mol. The Morgan fingerprint density at radius 3 is 2.60 bits per heavy atom. The van der Waals surface area contributed by atoms with Gasteiger partial charge in [-0.15, -0.1) is 5.10 Å². The molecule has 0 bridgehead atoms. The molecule has 108 valence electrons. The first kappa shape index (κ1) is 13.6. The SMILES string of the molecule is CC(C)(C)c1nnsc1-c1nc(C2(N)CCCC2)no1. The van der Waals surface area contributed by atoms with Crippen molar-refractivity contribution in [3.05, 3.63) is 11.5 Å². The molecule has 2 N–H and O–H groups in total. The van der Waals surface area contributed by atoms with E-state index < -0.39 is 5.54 Å². The first-order valence-corrected chi connectivity index (χ1v) is 7.64. The normalized spacial score (nSPS) is 18.6. The fourth-order valence-corrected chi connectivity index (χ4v) is 3.37. The Balaban J connectivity index is 1.97. The van der Waals surface area contributed by atoms with Crippen molar-refractivity contribution in [2.24, 2.45) is 5.73 Å². The van der Waals surface area contributed by atoms with E-state index in [1.165, 1.54) is 11.5 Å². The van der Waals surface area contributed by atoms with Gasteiger partial charge in [0.25, 0.3) is 5.89 Å².